The molecule has 0 saturated carbocycles. The normalized spacial score (nSPS) is 29.3. The van der Waals surface area contributed by atoms with Crippen LogP contribution in [-0.4, -0.2) is 89.4 Å². The van der Waals surface area contributed by atoms with E-state index in [-0.39, 0.29) is 5.91 Å². The maximum absolute atomic E-state index is 12.9. The number of piperazine rings is 1. The first-order valence-corrected chi connectivity index (χ1v) is 12.0. The minimum atomic E-state index is 0.0920. The van der Waals surface area contributed by atoms with E-state index in [1.54, 1.807) is 6.20 Å². The van der Waals surface area contributed by atoms with Gasteiger partial charge < -0.3 is 14.7 Å². The standard InChI is InChI=1S/C24H35N5O2/c1-17(2)26-8-10-27(11-9-26)24(31)19-6-7-22(25-13-19)28-14-18-12-20(16-28)21-4-3-5-23(30)29(21)15-18/h6-7,13,17-18,20-21H,3-5,8-12,14-16H2,1-2H3/t18-,20-,21-/m1/s1. The Morgan fingerprint density at radius 2 is 1.90 bits per heavy atom. The summed E-state index contributed by atoms with van der Waals surface area (Å²) >= 11 is 0. The zero-order chi connectivity index (χ0) is 21.5. The lowest BCUT2D eigenvalue weighted by Crippen LogP contribution is -2.60. The summed E-state index contributed by atoms with van der Waals surface area (Å²) in [5.41, 5.74) is 0.683. The van der Waals surface area contributed by atoms with E-state index in [4.69, 9.17) is 4.98 Å². The average molecular weight is 426 g/mol. The summed E-state index contributed by atoms with van der Waals surface area (Å²) in [6, 6.07) is 4.90. The molecular weight excluding hydrogens is 390 g/mol. The van der Waals surface area contributed by atoms with Gasteiger partial charge in [-0.05, 0) is 57.1 Å². The van der Waals surface area contributed by atoms with Gasteiger partial charge in [0.05, 0.1) is 5.56 Å². The van der Waals surface area contributed by atoms with Gasteiger partial charge in [0.25, 0.3) is 5.91 Å². The second-order valence-electron chi connectivity index (χ2n) is 10.1. The molecule has 4 fully saturated rings. The van der Waals surface area contributed by atoms with Gasteiger partial charge in [0.15, 0.2) is 0 Å². The van der Waals surface area contributed by atoms with Crippen molar-refractivity contribution in [3.8, 4) is 0 Å². The molecule has 2 bridgehead atoms. The summed E-state index contributed by atoms with van der Waals surface area (Å²) in [6.45, 7) is 10.7. The summed E-state index contributed by atoms with van der Waals surface area (Å²) in [4.78, 5) is 38.9. The fourth-order valence-electron chi connectivity index (χ4n) is 6.12. The molecule has 5 heterocycles. The van der Waals surface area contributed by atoms with Crippen molar-refractivity contribution in [2.24, 2.45) is 11.8 Å². The minimum absolute atomic E-state index is 0.0920. The predicted molar refractivity (Wildman–Crippen MR) is 120 cm³/mol. The van der Waals surface area contributed by atoms with E-state index in [0.29, 0.717) is 35.4 Å². The molecule has 0 N–H and O–H groups in total. The van der Waals surface area contributed by atoms with Gasteiger partial charge in [-0.25, -0.2) is 4.98 Å². The monoisotopic (exact) mass is 425 g/mol. The molecule has 7 nitrogen and oxygen atoms in total. The van der Waals surface area contributed by atoms with Gasteiger partial charge in [0, 0.05) is 70.5 Å². The van der Waals surface area contributed by atoms with Gasteiger partial charge in [-0.2, -0.15) is 0 Å². The molecular formula is C24H35N5O2. The molecule has 1 aromatic rings. The van der Waals surface area contributed by atoms with Crippen molar-refractivity contribution in [1.82, 2.24) is 19.7 Å². The van der Waals surface area contributed by atoms with E-state index < -0.39 is 0 Å². The smallest absolute Gasteiger partial charge is 0.255 e. The van der Waals surface area contributed by atoms with E-state index >= 15 is 0 Å². The van der Waals surface area contributed by atoms with E-state index in [1.165, 1.54) is 6.42 Å². The van der Waals surface area contributed by atoms with Crippen molar-refractivity contribution in [1.29, 1.82) is 0 Å². The largest absolute Gasteiger partial charge is 0.356 e. The molecule has 168 valence electrons. The second kappa shape index (κ2) is 8.41. The molecule has 3 atom stereocenters. The molecule has 31 heavy (non-hydrogen) atoms. The van der Waals surface area contributed by atoms with Crippen LogP contribution in [0.5, 0.6) is 0 Å². The Labute approximate surface area is 185 Å². The van der Waals surface area contributed by atoms with Crippen molar-refractivity contribution in [3.63, 3.8) is 0 Å². The Kier molecular flexibility index (Phi) is 5.63. The van der Waals surface area contributed by atoms with Crippen LogP contribution in [0.3, 0.4) is 0 Å². The molecule has 0 radical (unpaired) electrons. The lowest BCUT2D eigenvalue weighted by Gasteiger charge is -2.52. The molecule has 4 saturated heterocycles. The topological polar surface area (TPSA) is 60.0 Å². The van der Waals surface area contributed by atoms with Crippen LogP contribution in [0.25, 0.3) is 0 Å². The number of amides is 2. The quantitative estimate of drug-likeness (QED) is 0.742. The number of hydrogen-bond donors (Lipinski definition) is 0. The van der Waals surface area contributed by atoms with Crippen LogP contribution < -0.4 is 4.90 Å². The molecule has 0 aliphatic carbocycles. The first kappa shape index (κ1) is 20.7. The fraction of sp³-hybridized carbons (Fsp3) is 0.708. The van der Waals surface area contributed by atoms with E-state index in [1.807, 2.05) is 17.0 Å². The van der Waals surface area contributed by atoms with Gasteiger partial charge in [0.1, 0.15) is 5.82 Å². The van der Waals surface area contributed by atoms with Gasteiger partial charge in [-0.15, -0.1) is 0 Å². The summed E-state index contributed by atoms with van der Waals surface area (Å²) in [6.07, 6.45) is 5.88. The summed E-state index contributed by atoms with van der Waals surface area (Å²) < 4.78 is 0. The third-order valence-corrected chi connectivity index (χ3v) is 7.83. The highest BCUT2D eigenvalue weighted by Gasteiger charge is 2.44. The van der Waals surface area contributed by atoms with Gasteiger partial charge >= 0.3 is 0 Å². The molecule has 0 aromatic carbocycles. The average Bonchev–Trinajstić information content (AvgIpc) is 2.79. The Morgan fingerprint density at radius 1 is 1.10 bits per heavy atom. The molecule has 2 amide bonds. The SMILES string of the molecule is CC(C)N1CCN(C(=O)c2ccc(N3C[C@H]4C[C@H](C3)[C@H]3CCCC(=O)N3C4)nc2)CC1. The Bertz CT molecular complexity index is 818. The van der Waals surface area contributed by atoms with Crippen LogP contribution in [0.4, 0.5) is 5.82 Å². The number of carbonyl (C=O) groups excluding carboxylic acids is 2. The van der Waals surface area contributed by atoms with E-state index in [0.717, 1.165) is 70.9 Å². The molecule has 4 aliphatic rings. The second-order valence-corrected chi connectivity index (χ2v) is 10.1. The third-order valence-electron chi connectivity index (χ3n) is 7.83. The minimum Gasteiger partial charge on any atom is -0.356 e. The number of piperidine rings is 3. The highest BCUT2D eigenvalue weighted by atomic mass is 16.2. The number of rotatable bonds is 3. The lowest BCUT2D eigenvalue weighted by atomic mass is 9.76. The highest BCUT2D eigenvalue weighted by molar-refractivity contribution is 5.94. The molecule has 7 heteroatoms. The molecule has 0 unspecified atom stereocenters. The van der Waals surface area contributed by atoms with E-state index in [9.17, 15) is 9.59 Å². The van der Waals surface area contributed by atoms with Gasteiger partial charge in [0.2, 0.25) is 5.91 Å². The molecule has 1 aromatic heterocycles. The van der Waals surface area contributed by atoms with Crippen LogP contribution in [0.1, 0.15) is 49.9 Å². The number of anilines is 1. The first-order valence-electron chi connectivity index (χ1n) is 12.0. The molecule has 4 aliphatic heterocycles. The van der Waals surface area contributed by atoms with Crippen molar-refractivity contribution < 1.29 is 9.59 Å². The lowest BCUT2D eigenvalue weighted by molar-refractivity contribution is -0.142. The Hall–Kier alpha value is -2.15. The first-order chi connectivity index (χ1) is 15.0. The number of pyridine rings is 1. The summed E-state index contributed by atoms with van der Waals surface area (Å²) in [5.74, 6) is 2.48. The molecule has 5 rings (SSSR count). The Morgan fingerprint density at radius 3 is 2.61 bits per heavy atom. The summed E-state index contributed by atoms with van der Waals surface area (Å²) in [5, 5.41) is 0. The maximum Gasteiger partial charge on any atom is 0.255 e. The third kappa shape index (κ3) is 4.04. The van der Waals surface area contributed by atoms with Crippen LogP contribution >= 0.6 is 0 Å². The van der Waals surface area contributed by atoms with Crippen molar-refractivity contribution in [2.75, 3.05) is 50.7 Å². The van der Waals surface area contributed by atoms with Crippen molar-refractivity contribution in [3.05, 3.63) is 23.9 Å². The van der Waals surface area contributed by atoms with Crippen LogP contribution in [0, 0.1) is 11.8 Å². The Balaban J connectivity index is 1.23. The number of aromatic nitrogens is 1. The highest BCUT2D eigenvalue weighted by Crippen LogP contribution is 2.38. The number of hydrogen-bond acceptors (Lipinski definition) is 5. The number of nitrogens with zero attached hydrogens (tertiary/aromatic N) is 5. The zero-order valence-electron chi connectivity index (χ0n) is 18.9. The number of carbonyl (C=O) groups is 2. The number of fused-ring (bicyclic) bond motifs is 4. The maximum atomic E-state index is 12.9. The van der Waals surface area contributed by atoms with Crippen molar-refractivity contribution in [2.45, 2.75) is 51.6 Å². The van der Waals surface area contributed by atoms with Gasteiger partial charge in [-0.3, -0.25) is 14.5 Å². The summed E-state index contributed by atoms with van der Waals surface area (Å²) in [7, 11) is 0. The van der Waals surface area contributed by atoms with Crippen LogP contribution in [-0.2, 0) is 4.79 Å². The van der Waals surface area contributed by atoms with Gasteiger partial charge in [-0.1, -0.05) is 0 Å². The van der Waals surface area contributed by atoms with E-state index in [2.05, 4.69) is 28.5 Å². The van der Waals surface area contributed by atoms with Crippen LogP contribution in [0.2, 0.25) is 0 Å². The van der Waals surface area contributed by atoms with Crippen molar-refractivity contribution >= 4 is 17.6 Å². The molecule has 0 spiro atoms. The predicted octanol–water partition coefficient (Wildman–Crippen LogP) is 2.09. The zero-order valence-corrected chi connectivity index (χ0v) is 18.9. The fourth-order valence-corrected chi connectivity index (χ4v) is 6.12. The van der Waals surface area contributed by atoms with Crippen LogP contribution in [0.15, 0.2) is 18.3 Å².